The molecule has 2 aromatic rings. The summed E-state index contributed by atoms with van der Waals surface area (Å²) in [7, 11) is 1.91. The van der Waals surface area contributed by atoms with Crippen molar-refractivity contribution in [2.75, 3.05) is 5.32 Å². The van der Waals surface area contributed by atoms with Crippen LogP contribution >= 0.6 is 0 Å². The van der Waals surface area contributed by atoms with E-state index >= 15 is 0 Å². The monoisotopic (exact) mass is 310 g/mol. The number of anilines is 1. The van der Waals surface area contributed by atoms with Gasteiger partial charge >= 0.3 is 0 Å². The average molecular weight is 310 g/mol. The molecule has 2 fully saturated rings. The van der Waals surface area contributed by atoms with Crippen molar-refractivity contribution in [3.05, 3.63) is 30.6 Å². The van der Waals surface area contributed by atoms with Gasteiger partial charge in [0.1, 0.15) is 6.33 Å². The van der Waals surface area contributed by atoms with Crippen LogP contribution in [0.5, 0.6) is 0 Å². The zero-order valence-electron chi connectivity index (χ0n) is 13.4. The minimum atomic E-state index is 0.137. The van der Waals surface area contributed by atoms with E-state index in [2.05, 4.69) is 15.5 Å². The first-order chi connectivity index (χ1) is 11.2. The van der Waals surface area contributed by atoms with Gasteiger partial charge in [-0.3, -0.25) is 4.79 Å². The molecule has 2 saturated carbocycles. The van der Waals surface area contributed by atoms with Gasteiger partial charge in [0.25, 0.3) is 0 Å². The molecule has 1 heterocycles. The van der Waals surface area contributed by atoms with Gasteiger partial charge in [-0.2, -0.15) is 0 Å². The third kappa shape index (κ3) is 2.87. The summed E-state index contributed by atoms with van der Waals surface area (Å²) in [4.78, 5) is 12.4. The van der Waals surface area contributed by atoms with Crippen LogP contribution in [0, 0.1) is 17.8 Å². The van der Waals surface area contributed by atoms with Crippen LogP contribution in [-0.2, 0) is 11.8 Å². The summed E-state index contributed by atoms with van der Waals surface area (Å²) in [5.41, 5.74) is 1.79. The lowest BCUT2D eigenvalue weighted by molar-refractivity contribution is -0.117. The number of hydrogen-bond donors (Lipinski definition) is 1. The molecule has 4 rings (SSSR count). The molecule has 1 N–H and O–H groups in total. The summed E-state index contributed by atoms with van der Waals surface area (Å²) in [6.07, 6.45) is 7.63. The maximum atomic E-state index is 12.4. The Morgan fingerprint density at radius 3 is 2.96 bits per heavy atom. The van der Waals surface area contributed by atoms with Gasteiger partial charge in [0.15, 0.2) is 5.82 Å². The molecule has 2 bridgehead atoms. The van der Waals surface area contributed by atoms with Crippen LogP contribution in [0.15, 0.2) is 30.6 Å². The molecule has 1 aromatic carbocycles. The summed E-state index contributed by atoms with van der Waals surface area (Å²) in [6, 6.07) is 7.81. The van der Waals surface area contributed by atoms with Gasteiger partial charge < -0.3 is 9.88 Å². The predicted octanol–water partition coefficient (Wildman–Crippen LogP) is 3.25. The standard InChI is InChI=1S/C18H22N4O/c1-22-11-19-21-18(22)14-3-2-4-16(9-14)20-17(23)10-15-8-12-5-6-13(15)7-12/h2-4,9,11-13,15H,5-8,10H2,1H3,(H,20,23). The number of aryl methyl sites for hydroxylation is 1. The second-order valence-electron chi connectivity index (χ2n) is 7.03. The van der Waals surface area contributed by atoms with E-state index in [1.807, 2.05) is 35.9 Å². The number of benzene rings is 1. The Hall–Kier alpha value is -2.17. The Morgan fingerprint density at radius 1 is 1.35 bits per heavy atom. The number of fused-ring (bicyclic) bond motifs is 2. The SMILES string of the molecule is Cn1cnnc1-c1cccc(NC(=O)CC2CC3CCC2C3)c1. The molecule has 0 aliphatic heterocycles. The van der Waals surface area contributed by atoms with E-state index in [0.29, 0.717) is 12.3 Å². The molecule has 2 aliphatic carbocycles. The number of carbonyl (C=O) groups excluding carboxylic acids is 1. The van der Waals surface area contributed by atoms with Crippen LogP contribution < -0.4 is 5.32 Å². The molecule has 1 amide bonds. The maximum absolute atomic E-state index is 12.4. The molecule has 3 atom stereocenters. The van der Waals surface area contributed by atoms with Crippen LogP contribution in [-0.4, -0.2) is 20.7 Å². The average Bonchev–Trinajstić information content (AvgIpc) is 3.24. The summed E-state index contributed by atoms with van der Waals surface area (Å²) in [5.74, 6) is 3.20. The van der Waals surface area contributed by atoms with E-state index in [0.717, 1.165) is 28.9 Å². The topological polar surface area (TPSA) is 59.8 Å². The maximum Gasteiger partial charge on any atom is 0.224 e. The zero-order chi connectivity index (χ0) is 15.8. The third-order valence-corrected chi connectivity index (χ3v) is 5.45. The fraction of sp³-hybridized carbons (Fsp3) is 0.500. The second-order valence-corrected chi connectivity index (χ2v) is 7.03. The minimum Gasteiger partial charge on any atom is -0.326 e. The van der Waals surface area contributed by atoms with Crippen LogP contribution in [0.4, 0.5) is 5.69 Å². The van der Waals surface area contributed by atoms with Crippen LogP contribution in [0.1, 0.15) is 32.1 Å². The van der Waals surface area contributed by atoms with Crippen molar-refractivity contribution < 1.29 is 4.79 Å². The molecule has 5 nitrogen and oxygen atoms in total. The molecule has 0 radical (unpaired) electrons. The minimum absolute atomic E-state index is 0.137. The molecule has 3 unspecified atom stereocenters. The zero-order valence-corrected chi connectivity index (χ0v) is 13.4. The van der Waals surface area contributed by atoms with E-state index in [1.165, 1.54) is 25.7 Å². The van der Waals surface area contributed by atoms with Crippen molar-refractivity contribution in [1.29, 1.82) is 0 Å². The lowest BCUT2D eigenvalue weighted by atomic mass is 9.86. The van der Waals surface area contributed by atoms with E-state index in [1.54, 1.807) is 6.33 Å². The number of nitrogens with zero attached hydrogens (tertiary/aromatic N) is 3. The van der Waals surface area contributed by atoms with Crippen LogP contribution in [0.25, 0.3) is 11.4 Å². The molecule has 23 heavy (non-hydrogen) atoms. The first-order valence-electron chi connectivity index (χ1n) is 8.43. The molecule has 1 aromatic heterocycles. The highest BCUT2D eigenvalue weighted by Gasteiger charge is 2.40. The number of nitrogens with one attached hydrogen (secondary N) is 1. The molecular formula is C18H22N4O. The highest BCUT2D eigenvalue weighted by molar-refractivity contribution is 5.91. The number of amides is 1. The van der Waals surface area contributed by atoms with Crippen molar-refractivity contribution in [2.24, 2.45) is 24.8 Å². The summed E-state index contributed by atoms with van der Waals surface area (Å²) >= 11 is 0. The number of carbonyl (C=O) groups is 1. The fourth-order valence-corrected chi connectivity index (χ4v) is 4.36. The Morgan fingerprint density at radius 2 is 2.26 bits per heavy atom. The Balaban J connectivity index is 1.42. The van der Waals surface area contributed by atoms with Crippen molar-refractivity contribution >= 4 is 11.6 Å². The number of rotatable bonds is 4. The smallest absolute Gasteiger partial charge is 0.224 e. The van der Waals surface area contributed by atoms with E-state index in [4.69, 9.17) is 0 Å². The van der Waals surface area contributed by atoms with Crippen molar-refractivity contribution in [2.45, 2.75) is 32.1 Å². The Labute approximate surface area is 136 Å². The molecule has 0 spiro atoms. The molecule has 120 valence electrons. The molecular weight excluding hydrogens is 288 g/mol. The molecule has 0 saturated heterocycles. The van der Waals surface area contributed by atoms with Crippen molar-refractivity contribution in [1.82, 2.24) is 14.8 Å². The van der Waals surface area contributed by atoms with E-state index < -0.39 is 0 Å². The fourth-order valence-electron chi connectivity index (χ4n) is 4.36. The summed E-state index contributed by atoms with van der Waals surface area (Å²) < 4.78 is 1.87. The normalized spacial score (nSPS) is 25.7. The Kier molecular flexibility index (Phi) is 3.63. The van der Waals surface area contributed by atoms with E-state index in [9.17, 15) is 4.79 Å². The quantitative estimate of drug-likeness (QED) is 0.943. The number of aromatic nitrogens is 3. The van der Waals surface area contributed by atoms with Gasteiger partial charge in [0, 0.05) is 24.7 Å². The lowest BCUT2D eigenvalue weighted by Gasteiger charge is -2.20. The third-order valence-electron chi connectivity index (χ3n) is 5.45. The van der Waals surface area contributed by atoms with Gasteiger partial charge in [-0.25, -0.2) is 0 Å². The predicted molar refractivity (Wildman–Crippen MR) is 88.6 cm³/mol. The van der Waals surface area contributed by atoms with Gasteiger partial charge in [-0.1, -0.05) is 18.6 Å². The Bertz CT molecular complexity index is 723. The largest absolute Gasteiger partial charge is 0.326 e. The van der Waals surface area contributed by atoms with Gasteiger partial charge in [0.2, 0.25) is 5.91 Å². The number of hydrogen-bond acceptors (Lipinski definition) is 3. The van der Waals surface area contributed by atoms with Gasteiger partial charge in [0.05, 0.1) is 0 Å². The highest BCUT2D eigenvalue weighted by Crippen LogP contribution is 2.49. The summed E-state index contributed by atoms with van der Waals surface area (Å²) in [5, 5.41) is 11.1. The summed E-state index contributed by atoms with van der Waals surface area (Å²) in [6.45, 7) is 0. The van der Waals surface area contributed by atoms with Crippen molar-refractivity contribution in [3.63, 3.8) is 0 Å². The first kappa shape index (κ1) is 14.4. The molecule has 2 aliphatic rings. The van der Waals surface area contributed by atoms with Gasteiger partial charge in [-0.15, -0.1) is 10.2 Å². The first-order valence-corrected chi connectivity index (χ1v) is 8.43. The van der Waals surface area contributed by atoms with Crippen molar-refractivity contribution in [3.8, 4) is 11.4 Å². The van der Waals surface area contributed by atoms with E-state index in [-0.39, 0.29) is 5.91 Å². The second kappa shape index (κ2) is 5.80. The molecule has 5 heteroatoms. The van der Waals surface area contributed by atoms with Crippen LogP contribution in [0.3, 0.4) is 0 Å². The van der Waals surface area contributed by atoms with Gasteiger partial charge in [-0.05, 0) is 49.1 Å². The lowest BCUT2D eigenvalue weighted by Crippen LogP contribution is -2.20. The highest BCUT2D eigenvalue weighted by atomic mass is 16.1. The van der Waals surface area contributed by atoms with Crippen LogP contribution in [0.2, 0.25) is 0 Å².